The van der Waals surface area contributed by atoms with Crippen molar-refractivity contribution in [1.82, 2.24) is 10.2 Å². The van der Waals surface area contributed by atoms with Gasteiger partial charge < -0.3 is 15.5 Å². The number of carbonyl (C=O) groups excluding carboxylic acids is 1. The molecule has 1 aliphatic rings. The highest BCUT2D eigenvalue weighted by Crippen LogP contribution is 2.19. The van der Waals surface area contributed by atoms with Crippen LogP contribution in [-0.2, 0) is 11.3 Å². The minimum Gasteiger partial charge on any atom is -0.478 e. The summed E-state index contributed by atoms with van der Waals surface area (Å²) in [5.41, 5.74) is 1.93. The van der Waals surface area contributed by atoms with E-state index in [-0.39, 0.29) is 17.5 Å². The van der Waals surface area contributed by atoms with Gasteiger partial charge in [0.05, 0.1) is 5.56 Å². The molecule has 32 heavy (non-hydrogen) atoms. The van der Waals surface area contributed by atoms with Gasteiger partial charge in [0.1, 0.15) is 0 Å². The summed E-state index contributed by atoms with van der Waals surface area (Å²) in [6.45, 7) is 4.78. The third kappa shape index (κ3) is 7.38. The third-order valence-corrected chi connectivity index (χ3v) is 4.89. The molecule has 3 N–H and O–H groups in total. The van der Waals surface area contributed by atoms with Crippen LogP contribution in [0.4, 0.5) is 13.2 Å². The number of aromatic carboxylic acids is 1. The van der Waals surface area contributed by atoms with Crippen molar-refractivity contribution in [2.24, 2.45) is 5.92 Å². The van der Waals surface area contributed by atoms with Gasteiger partial charge in [-0.2, -0.15) is 13.2 Å². The molecule has 1 saturated heterocycles. The molecule has 0 saturated carbocycles. The molecule has 1 heterocycles. The quantitative estimate of drug-likeness (QED) is 0.643. The number of nitrogens with zero attached hydrogens (tertiary/aromatic N) is 1. The predicted octanol–water partition coefficient (Wildman–Crippen LogP) is 3.27. The molecule has 10 heteroatoms. The number of aliphatic carboxylic acids is 1. The zero-order chi connectivity index (χ0) is 23.9. The minimum absolute atomic E-state index is 0.0929. The molecule has 2 aromatic carbocycles. The molecular formula is C22H23F3N2O5. The number of carbonyl (C=O) groups is 3. The summed E-state index contributed by atoms with van der Waals surface area (Å²) in [4.78, 5) is 34.5. The zero-order valence-corrected chi connectivity index (χ0v) is 17.2. The number of hydrogen-bond acceptors (Lipinski definition) is 4. The maximum atomic E-state index is 12.4. The minimum atomic E-state index is -5.08. The second-order valence-electron chi connectivity index (χ2n) is 7.42. The SMILES string of the molecule is CC1CN(Cc2ccccc2)CC1NC(=O)c1ccc(C(=O)O)cc1.O=C(O)C(F)(F)F. The first-order chi connectivity index (χ1) is 15.0. The summed E-state index contributed by atoms with van der Waals surface area (Å²) >= 11 is 0. The predicted molar refractivity (Wildman–Crippen MR) is 109 cm³/mol. The van der Waals surface area contributed by atoms with Gasteiger partial charge in [0.2, 0.25) is 0 Å². The van der Waals surface area contributed by atoms with Crippen LogP contribution in [-0.4, -0.2) is 58.3 Å². The highest BCUT2D eigenvalue weighted by molar-refractivity contribution is 5.96. The number of alkyl halides is 3. The third-order valence-electron chi connectivity index (χ3n) is 4.89. The molecule has 2 unspecified atom stereocenters. The standard InChI is InChI=1S/C20H22N2O3.C2HF3O2/c1-14-11-22(12-15-5-3-2-4-6-15)13-18(14)21-19(23)16-7-9-17(10-8-16)20(24)25;3-2(4,5)1(6)7/h2-10,14,18H,11-13H2,1H3,(H,21,23)(H,24,25);(H,6,7). The van der Waals surface area contributed by atoms with Crippen molar-refractivity contribution in [2.45, 2.75) is 25.7 Å². The van der Waals surface area contributed by atoms with E-state index in [2.05, 4.69) is 29.3 Å². The Bertz CT molecular complexity index is 933. The lowest BCUT2D eigenvalue weighted by molar-refractivity contribution is -0.192. The molecule has 0 bridgehead atoms. The number of amides is 1. The summed E-state index contributed by atoms with van der Waals surface area (Å²) in [6.07, 6.45) is -5.08. The molecule has 1 amide bonds. The van der Waals surface area contributed by atoms with Crippen LogP contribution in [0.3, 0.4) is 0 Å². The smallest absolute Gasteiger partial charge is 0.478 e. The maximum absolute atomic E-state index is 12.4. The van der Waals surface area contributed by atoms with Crippen molar-refractivity contribution in [3.8, 4) is 0 Å². The molecule has 172 valence electrons. The summed E-state index contributed by atoms with van der Waals surface area (Å²) in [6, 6.07) is 16.4. The molecule has 2 atom stereocenters. The second-order valence-corrected chi connectivity index (χ2v) is 7.42. The van der Waals surface area contributed by atoms with E-state index < -0.39 is 18.1 Å². The molecule has 2 aromatic rings. The molecule has 0 aliphatic carbocycles. The number of likely N-dealkylation sites (tertiary alicyclic amines) is 1. The van der Waals surface area contributed by atoms with Gasteiger partial charge >= 0.3 is 18.1 Å². The van der Waals surface area contributed by atoms with Crippen LogP contribution in [0, 0.1) is 5.92 Å². The van der Waals surface area contributed by atoms with Crippen molar-refractivity contribution in [3.05, 3.63) is 71.3 Å². The topological polar surface area (TPSA) is 107 Å². The number of hydrogen-bond donors (Lipinski definition) is 3. The highest BCUT2D eigenvalue weighted by atomic mass is 19.4. The monoisotopic (exact) mass is 452 g/mol. The fraction of sp³-hybridized carbons (Fsp3) is 0.318. The normalized spacial score (nSPS) is 18.4. The van der Waals surface area contributed by atoms with Crippen LogP contribution in [0.2, 0.25) is 0 Å². The molecule has 1 fully saturated rings. The first kappa shape index (κ1) is 24.9. The van der Waals surface area contributed by atoms with E-state index in [9.17, 15) is 22.8 Å². The van der Waals surface area contributed by atoms with Crippen molar-refractivity contribution in [3.63, 3.8) is 0 Å². The Hall–Kier alpha value is -3.40. The van der Waals surface area contributed by atoms with Gasteiger partial charge in [-0.05, 0) is 35.7 Å². The number of carboxylic acid groups (broad SMARTS) is 2. The van der Waals surface area contributed by atoms with E-state index in [4.69, 9.17) is 15.0 Å². The number of carboxylic acids is 2. The fourth-order valence-corrected chi connectivity index (χ4v) is 3.24. The number of nitrogens with one attached hydrogen (secondary N) is 1. The van der Waals surface area contributed by atoms with Gasteiger partial charge in [-0.15, -0.1) is 0 Å². The Kier molecular flexibility index (Phi) is 8.36. The Morgan fingerprint density at radius 2 is 1.50 bits per heavy atom. The summed E-state index contributed by atoms with van der Waals surface area (Å²) in [5.74, 6) is -3.54. The zero-order valence-electron chi connectivity index (χ0n) is 17.2. The largest absolute Gasteiger partial charge is 0.490 e. The van der Waals surface area contributed by atoms with Crippen LogP contribution in [0.25, 0.3) is 0 Å². The van der Waals surface area contributed by atoms with E-state index >= 15 is 0 Å². The number of halogens is 3. The van der Waals surface area contributed by atoms with Crippen molar-refractivity contribution in [2.75, 3.05) is 13.1 Å². The lowest BCUT2D eigenvalue weighted by Gasteiger charge is -2.17. The van der Waals surface area contributed by atoms with Crippen LogP contribution in [0.1, 0.15) is 33.2 Å². The Balaban J connectivity index is 0.000000451. The van der Waals surface area contributed by atoms with Crippen LogP contribution in [0.5, 0.6) is 0 Å². The Morgan fingerprint density at radius 3 is 2.00 bits per heavy atom. The van der Waals surface area contributed by atoms with Crippen molar-refractivity contribution in [1.29, 1.82) is 0 Å². The lowest BCUT2D eigenvalue weighted by atomic mass is 10.1. The molecule has 0 radical (unpaired) electrons. The van der Waals surface area contributed by atoms with E-state index in [1.807, 2.05) is 18.2 Å². The van der Waals surface area contributed by atoms with Gasteiger partial charge in [-0.3, -0.25) is 9.69 Å². The molecule has 7 nitrogen and oxygen atoms in total. The molecule has 3 rings (SSSR count). The first-order valence-electron chi connectivity index (χ1n) is 9.68. The van der Waals surface area contributed by atoms with E-state index in [0.29, 0.717) is 11.5 Å². The van der Waals surface area contributed by atoms with Crippen molar-refractivity contribution < 1.29 is 37.8 Å². The highest BCUT2D eigenvalue weighted by Gasteiger charge is 2.38. The van der Waals surface area contributed by atoms with Gasteiger partial charge in [0.15, 0.2) is 0 Å². The number of rotatable bonds is 5. The summed E-state index contributed by atoms with van der Waals surface area (Å²) in [7, 11) is 0. The molecule has 0 aromatic heterocycles. The lowest BCUT2D eigenvalue weighted by Crippen LogP contribution is -2.39. The van der Waals surface area contributed by atoms with Gasteiger partial charge in [0.25, 0.3) is 5.91 Å². The molecule has 1 aliphatic heterocycles. The second kappa shape index (κ2) is 10.8. The van der Waals surface area contributed by atoms with Crippen LogP contribution >= 0.6 is 0 Å². The average molecular weight is 452 g/mol. The maximum Gasteiger partial charge on any atom is 0.490 e. The van der Waals surface area contributed by atoms with E-state index in [0.717, 1.165) is 19.6 Å². The van der Waals surface area contributed by atoms with Crippen LogP contribution in [0.15, 0.2) is 54.6 Å². The first-order valence-corrected chi connectivity index (χ1v) is 9.68. The van der Waals surface area contributed by atoms with E-state index in [1.54, 1.807) is 12.1 Å². The van der Waals surface area contributed by atoms with E-state index in [1.165, 1.54) is 17.7 Å². The van der Waals surface area contributed by atoms with Gasteiger partial charge in [-0.25, -0.2) is 9.59 Å². The van der Waals surface area contributed by atoms with Gasteiger partial charge in [-0.1, -0.05) is 37.3 Å². The van der Waals surface area contributed by atoms with Crippen molar-refractivity contribution >= 4 is 17.8 Å². The number of benzene rings is 2. The fourth-order valence-electron chi connectivity index (χ4n) is 3.24. The Morgan fingerprint density at radius 1 is 0.969 bits per heavy atom. The Labute approximate surface area is 182 Å². The summed E-state index contributed by atoms with van der Waals surface area (Å²) < 4.78 is 31.7. The van der Waals surface area contributed by atoms with Crippen LogP contribution < -0.4 is 5.32 Å². The molecular weight excluding hydrogens is 429 g/mol. The van der Waals surface area contributed by atoms with Gasteiger partial charge in [0, 0.05) is 31.2 Å². The average Bonchev–Trinajstić information content (AvgIpc) is 3.07. The molecule has 0 spiro atoms. The summed E-state index contributed by atoms with van der Waals surface area (Å²) in [5, 5.41) is 19.1.